The molecule has 0 spiro atoms. The Balaban J connectivity index is 0.00000208. The molecule has 0 radical (unpaired) electrons. The average Bonchev–Trinajstić information content (AvgIpc) is 3.25. The van der Waals surface area contributed by atoms with Crippen molar-refractivity contribution in [3.8, 4) is 0 Å². The van der Waals surface area contributed by atoms with E-state index in [-0.39, 0.29) is 30.3 Å². The van der Waals surface area contributed by atoms with Crippen LogP contribution in [0.5, 0.6) is 0 Å². The van der Waals surface area contributed by atoms with E-state index in [1.165, 1.54) is 0 Å². The molecular formula is C17H27ClN4O2. The average molecular weight is 355 g/mol. The van der Waals surface area contributed by atoms with Crippen LogP contribution in [0.3, 0.4) is 0 Å². The molecule has 3 rings (SSSR count). The van der Waals surface area contributed by atoms with E-state index in [4.69, 9.17) is 5.73 Å². The molecule has 3 N–H and O–H groups in total. The zero-order valence-electron chi connectivity index (χ0n) is 14.2. The molecule has 134 valence electrons. The number of carbonyl (C=O) groups is 2. The second kappa shape index (κ2) is 8.03. The minimum Gasteiger partial charge on any atom is -0.356 e. The van der Waals surface area contributed by atoms with Crippen molar-refractivity contribution in [2.45, 2.75) is 38.6 Å². The highest BCUT2D eigenvalue weighted by Gasteiger charge is 2.30. The summed E-state index contributed by atoms with van der Waals surface area (Å²) in [5.74, 6) is 0.569. The molecule has 2 unspecified atom stereocenters. The molecule has 2 atom stereocenters. The van der Waals surface area contributed by atoms with E-state index in [2.05, 4.69) is 11.9 Å². The van der Waals surface area contributed by atoms with E-state index in [0.717, 1.165) is 45.3 Å². The molecule has 0 aliphatic carbocycles. The quantitative estimate of drug-likeness (QED) is 0.869. The minimum atomic E-state index is -0.0240. The van der Waals surface area contributed by atoms with Crippen LogP contribution in [0.15, 0.2) is 12.3 Å². The third kappa shape index (κ3) is 3.75. The Labute approximate surface area is 149 Å². The largest absolute Gasteiger partial charge is 0.356 e. The van der Waals surface area contributed by atoms with Crippen molar-refractivity contribution in [2.24, 2.45) is 11.7 Å². The van der Waals surface area contributed by atoms with Crippen LogP contribution in [0.25, 0.3) is 0 Å². The highest BCUT2D eigenvalue weighted by atomic mass is 35.5. The number of rotatable bonds is 3. The molecule has 2 saturated heterocycles. The Bertz CT molecular complexity index is 583. The number of carbonyl (C=O) groups excluding carboxylic acids is 2. The van der Waals surface area contributed by atoms with Gasteiger partial charge in [0.2, 0.25) is 0 Å². The fraction of sp³-hybridized carbons (Fsp3) is 0.647. The monoisotopic (exact) mass is 354 g/mol. The maximum Gasteiger partial charge on any atom is 0.270 e. The van der Waals surface area contributed by atoms with Crippen molar-refractivity contribution in [1.29, 1.82) is 0 Å². The van der Waals surface area contributed by atoms with E-state index >= 15 is 0 Å². The molecule has 24 heavy (non-hydrogen) atoms. The van der Waals surface area contributed by atoms with Crippen LogP contribution in [0.1, 0.15) is 53.5 Å². The number of nitrogens with zero attached hydrogens (tertiary/aromatic N) is 2. The highest BCUT2D eigenvalue weighted by molar-refractivity contribution is 5.99. The summed E-state index contributed by atoms with van der Waals surface area (Å²) >= 11 is 0. The van der Waals surface area contributed by atoms with Gasteiger partial charge in [-0.2, -0.15) is 0 Å². The topological polar surface area (TPSA) is 82.4 Å². The number of nitrogens with one attached hydrogen (secondary N) is 1. The first-order chi connectivity index (χ1) is 11.1. The van der Waals surface area contributed by atoms with Gasteiger partial charge in [-0.1, -0.05) is 6.92 Å². The number of amides is 2. The van der Waals surface area contributed by atoms with Crippen molar-refractivity contribution in [1.82, 2.24) is 14.8 Å². The van der Waals surface area contributed by atoms with Gasteiger partial charge in [-0.05, 0) is 37.7 Å². The lowest BCUT2D eigenvalue weighted by Gasteiger charge is -2.37. The molecule has 1 aromatic rings. The van der Waals surface area contributed by atoms with E-state index in [1.807, 2.05) is 9.80 Å². The molecule has 2 amide bonds. The fourth-order valence-corrected chi connectivity index (χ4v) is 3.64. The van der Waals surface area contributed by atoms with Gasteiger partial charge in [0, 0.05) is 38.4 Å². The van der Waals surface area contributed by atoms with E-state index in [1.54, 1.807) is 12.3 Å². The van der Waals surface area contributed by atoms with Crippen LogP contribution in [0.2, 0.25) is 0 Å². The summed E-state index contributed by atoms with van der Waals surface area (Å²) in [7, 11) is 0. The first kappa shape index (κ1) is 18.8. The van der Waals surface area contributed by atoms with Crippen molar-refractivity contribution in [3.05, 3.63) is 23.5 Å². The number of aromatic nitrogens is 1. The van der Waals surface area contributed by atoms with Gasteiger partial charge in [0.15, 0.2) is 0 Å². The number of hydrogen-bond donors (Lipinski definition) is 2. The van der Waals surface area contributed by atoms with Gasteiger partial charge in [0.25, 0.3) is 11.8 Å². The van der Waals surface area contributed by atoms with Crippen LogP contribution >= 0.6 is 12.4 Å². The van der Waals surface area contributed by atoms with Crippen LogP contribution in [0.4, 0.5) is 0 Å². The number of nitrogens with two attached hydrogens (primary N) is 1. The summed E-state index contributed by atoms with van der Waals surface area (Å²) in [6.45, 7) is 5.04. The molecule has 0 aromatic carbocycles. The molecule has 7 heteroatoms. The lowest BCUT2D eigenvalue weighted by atomic mass is 9.92. The van der Waals surface area contributed by atoms with E-state index in [9.17, 15) is 9.59 Å². The van der Waals surface area contributed by atoms with Gasteiger partial charge >= 0.3 is 0 Å². The van der Waals surface area contributed by atoms with Crippen molar-refractivity contribution in [3.63, 3.8) is 0 Å². The number of halogens is 1. The van der Waals surface area contributed by atoms with Gasteiger partial charge in [0.1, 0.15) is 5.69 Å². The Morgan fingerprint density at radius 3 is 2.62 bits per heavy atom. The van der Waals surface area contributed by atoms with Gasteiger partial charge in [-0.25, -0.2) is 0 Å². The van der Waals surface area contributed by atoms with Crippen LogP contribution in [-0.2, 0) is 0 Å². The number of aromatic amines is 1. The molecule has 2 aliphatic rings. The van der Waals surface area contributed by atoms with E-state index in [0.29, 0.717) is 23.7 Å². The minimum absolute atomic E-state index is 0. The molecule has 2 aliphatic heterocycles. The number of likely N-dealkylation sites (tertiary alicyclic amines) is 2. The number of hydrogen-bond acceptors (Lipinski definition) is 3. The normalized spacial score (nSPS) is 23.9. The third-order valence-corrected chi connectivity index (χ3v) is 5.06. The molecular weight excluding hydrogens is 328 g/mol. The molecule has 1 aromatic heterocycles. The molecule has 2 fully saturated rings. The van der Waals surface area contributed by atoms with Crippen LogP contribution in [0, 0.1) is 5.92 Å². The molecule has 6 nitrogen and oxygen atoms in total. The zero-order chi connectivity index (χ0) is 16.4. The van der Waals surface area contributed by atoms with Gasteiger partial charge in [0.05, 0.1) is 5.56 Å². The summed E-state index contributed by atoms with van der Waals surface area (Å²) < 4.78 is 0. The lowest BCUT2D eigenvalue weighted by Crippen LogP contribution is -2.49. The first-order valence-corrected chi connectivity index (χ1v) is 8.59. The van der Waals surface area contributed by atoms with Crippen molar-refractivity contribution in [2.75, 3.05) is 26.2 Å². The lowest BCUT2D eigenvalue weighted by molar-refractivity contribution is 0.0574. The van der Waals surface area contributed by atoms with Gasteiger partial charge < -0.3 is 20.5 Å². The Hall–Kier alpha value is -1.53. The van der Waals surface area contributed by atoms with Crippen molar-refractivity contribution >= 4 is 24.2 Å². The number of H-pyrrole nitrogens is 1. The molecule has 0 saturated carbocycles. The summed E-state index contributed by atoms with van der Waals surface area (Å²) in [4.78, 5) is 31.8. The van der Waals surface area contributed by atoms with Gasteiger partial charge in [-0.3, -0.25) is 9.59 Å². The highest BCUT2D eigenvalue weighted by Crippen LogP contribution is 2.24. The Morgan fingerprint density at radius 1 is 1.25 bits per heavy atom. The Kier molecular flexibility index (Phi) is 6.29. The summed E-state index contributed by atoms with van der Waals surface area (Å²) in [6, 6.07) is 1.79. The van der Waals surface area contributed by atoms with Crippen LogP contribution in [-0.4, -0.2) is 58.8 Å². The second-order valence-electron chi connectivity index (χ2n) is 6.82. The maximum atomic E-state index is 12.8. The summed E-state index contributed by atoms with van der Waals surface area (Å²) in [5.41, 5.74) is 6.91. The van der Waals surface area contributed by atoms with Crippen LogP contribution < -0.4 is 5.73 Å². The maximum absolute atomic E-state index is 12.8. The smallest absolute Gasteiger partial charge is 0.270 e. The van der Waals surface area contributed by atoms with Crippen molar-refractivity contribution < 1.29 is 9.59 Å². The van der Waals surface area contributed by atoms with E-state index < -0.39 is 0 Å². The Morgan fingerprint density at radius 2 is 1.96 bits per heavy atom. The summed E-state index contributed by atoms with van der Waals surface area (Å²) in [5, 5.41) is 0. The SMILES string of the molecule is CC1CCN(C(=O)c2c[nH]c(C(=O)N3CCCC3)c2)C(CN)C1.Cl. The van der Waals surface area contributed by atoms with Gasteiger partial charge in [-0.15, -0.1) is 12.4 Å². The second-order valence-corrected chi connectivity index (χ2v) is 6.82. The fourth-order valence-electron chi connectivity index (χ4n) is 3.64. The third-order valence-electron chi connectivity index (χ3n) is 5.06. The molecule has 0 bridgehead atoms. The summed E-state index contributed by atoms with van der Waals surface area (Å²) in [6.07, 6.45) is 5.72. The zero-order valence-corrected chi connectivity index (χ0v) is 15.0. The molecule has 3 heterocycles. The first-order valence-electron chi connectivity index (χ1n) is 8.59. The standard InChI is InChI=1S/C17H26N4O2.ClH/c1-12-4-7-21(14(8-12)10-18)16(22)13-9-15(19-11-13)17(23)20-5-2-3-6-20;/h9,11-12,14,19H,2-8,10,18H2,1H3;1H. The number of piperidine rings is 1. The predicted molar refractivity (Wildman–Crippen MR) is 95.5 cm³/mol. The predicted octanol–water partition coefficient (Wildman–Crippen LogP) is 1.87.